The molecule has 0 amide bonds. The summed E-state index contributed by atoms with van der Waals surface area (Å²) in [5.41, 5.74) is 3.25. The molecule has 0 N–H and O–H groups in total. The van der Waals surface area contributed by atoms with Crippen LogP contribution in [0.25, 0.3) is 6.08 Å². The molecule has 5 rings (SSSR count). The van der Waals surface area contributed by atoms with Gasteiger partial charge in [0.15, 0.2) is 4.80 Å². The van der Waals surface area contributed by atoms with E-state index in [1.807, 2.05) is 61.5 Å². The van der Waals surface area contributed by atoms with Crippen LogP contribution in [0.15, 0.2) is 92.3 Å². The molecule has 224 valence electrons. The van der Waals surface area contributed by atoms with Crippen molar-refractivity contribution in [2.24, 2.45) is 4.99 Å². The standard InChI is InChI=1S/C34H30BrN3O5S/c1-4-10-26-30(33(40)42-5-2)31(25-18-24(35)15-16-28(25)41-3)38-32(39)29(44-34(38)37-26)17-21-11-8-9-14-27(21)43-20-23-13-7-6-12-22(23)19-36/h6-9,11-18,31H,4-5,10,20H2,1-3H3/b29-17+/t31-/m0/s1. The molecule has 2 heterocycles. The summed E-state index contributed by atoms with van der Waals surface area (Å²) < 4.78 is 20.1. The highest BCUT2D eigenvalue weighted by atomic mass is 79.9. The number of benzene rings is 3. The Hall–Kier alpha value is -4.46. The first-order valence-electron chi connectivity index (χ1n) is 14.1. The third-order valence-electron chi connectivity index (χ3n) is 7.11. The van der Waals surface area contributed by atoms with E-state index < -0.39 is 12.0 Å². The van der Waals surface area contributed by atoms with Gasteiger partial charge in [-0.15, -0.1) is 0 Å². The molecule has 0 fully saturated rings. The van der Waals surface area contributed by atoms with Gasteiger partial charge in [0.05, 0.1) is 41.2 Å². The summed E-state index contributed by atoms with van der Waals surface area (Å²) in [6.45, 7) is 4.15. The highest BCUT2D eigenvalue weighted by Crippen LogP contribution is 2.38. The molecule has 0 saturated heterocycles. The monoisotopic (exact) mass is 671 g/mol. The number of thiazole rings is 1. The van der Waals surface area contributed by atoms with E-state index in [4.69, 9.17) is 19.2 Å². The second kappa shape index (κ2) is 13.9. The van der Waals surface area contributed by atoms with Crippen LogP contribution in [0.4, 0.5) is 0 Å². The number of methoxy groups -OCH3 is 1. The highest BCUT2D eigenvalue weighted by Gasteiger charge is 2.36. The Bertz CT molecular complexity index is 1970. The molecule has 8 nitrogen and oxygen atoms in total. The molecule has 0 spiro atoms. The summed E-state index contributed by atoms with van der Waals surface area (Å²) in [6, 6.07) is 21.6. The summed E-state index contributed by atoms with van der Waals surface area (Å²) in [5, 5.41) is 9.46. The predicted octanol–water partition coefficient (Wildman–Crippen LogP) is 5.80. The van der Waals surface area contributed by atoms with Gasteiger partial charge in [0.25, 0.3) is 5.56 Å². The Labute approximate surface area is 267 Å². The number of allylic oxidation sites excluding steroid dienone is 1. The summed E-state index contributed by atoms with van der Waals surface area (Å²) >= 11 is 4.80. The molecule has 44 heavy (non-hydrogen) atoms. The zero-order valence-electron chi connectivity index (χ0n) is 24.5. The van der Waals surface area contributed by atoms with Gasteiger partial charge >= 0.3 is 5.97 Å². The number of esters is 1. The average Bonchev–Trinajstić information content (AvgIpc) is 3.34. The first-order chi connectivity index (χ1) is 21.4. The summed E-state index contributed by atoms with van der Waals surface area (Å²) in [6.07, 6.45) is 3.06. The molecule has 10 heteroatoms. The lowest BCUT2D eigenvalue weighted by Gasteiger charge is -2.27. The first kappa shape index (κ1) is 31.0. The molecule has 1 atom stereocenters. The number of carbonyl (C=O) groups is 1. The normalized spacial score (nSPS) is 14.4. The van der Waals surface area contributed by atoms with Crippen LogP contribution in [-0.4, -0.2) is 24.3 Å². The average molecular weight is 673 g/mol. The van der Waals surface area contributed by atoms with Crippen molar-refractivity contribution in [2.45, 2.75) is 39.3 Å². The third kappa shape index (κ3) is 6.25. The smallest absolute Gasteiger partial charge is 0.338 e. The Morgan fingerprint density at radius 2 is 1.89 bits per heavy atom. The largest absolute Gasteiger partial charge is 0.496 e. The van der Waals surface area contributed by atoms with Gasteiger partial charge in [0.2, 0.25) is 0 Å². The van der Waals surface area contributed by atoms with Crippen LogP contribution < -0.4 is 24.4 Å². The van der Waals surface area contributed by atoms with Crippen molar-refractivity contribution >= 4 is 39.3 Å². The van der Waals surface area contributed by atoms with Gasteiger partial charge in [0.1, 0.15) is 24.1 Å². The van der Waals surface area contributed by atoms with Gasteiger partial charge in [0, 0.05) is 21.2 Å². The molecule has 0 unspecified atom stereocenters. The number of ether oxygens (including phenoxy) is 3. The van der Waals surface area contributed by atoms with Gasteiger partial charge in [-0.25, -0.2) is 9.79 Å². The van der Waals surface area contributed by atoms with E-state index in [0.29, 0.717) is 55.2 Å². The second-order valence-corrected chi connectivity index (χ2v) is 11.8. The zero-order chi connectivity index (χ0) is 31.2. The van der Waals surface area contributed by atoms with Crippen LogP contribution >= 0.6 is 27.3 Å². The van der Waals surface area contributed by atoms with Crippen molar-refractivity contribution < 1.29 is 19.0 Å². The van der Waals surface area contributed by atoms with Crippen molar-refractivity contribution in [1.82, 2.24) is 4.57 Å². The van der Waals surface area contributed by atoms with E-state index in [0.717, 1.165) is 16.5 Å². The summed E-state index contributed by atoms with van der Waals surface area (Å²) in [5.74, 6) is 0.580. The van der Waals surface area contributed by atoms with Crippen molar-refractivity contribution in [2.75, 3.05) is 13.7 Å². The van der Waals surface area contributed by atoms with Crippen molar-refractivity contribution in [3.05, 3.63) is 124 Å². The lowest BCUT2D eigenvalue weighted by atomic mass is 9.93. The fourth-order valence-corrected chi connectivity index (χ4v) is 6.51. The van der Waals surface area contributed by atoms with Crippen LogP contribution in [0.3, 0.4) is 0 Å². The van der Waals surface area contributed by atoms with E-state index in [-0.39, 0.29) is 18.8 Å². The van der Waals surface area contributed by atoms with E-state index in [1.54, 1.807) is 36.8 Å². The highest BCUT2D eigenvalue weighted by molar-refractivity contribution is 9.10. The fraction of sp³-hybridized carbons (Fsp3) is 0.235. The number of hydrogen-bond donors (Lipinski definition) is 0. The minimum atomic E-state index is -0.810. The SMILES string of the molecule is CCCC1=C(C(=O)OCC)[C@H](c2cc(Br)ccc2OC)n2c(s/c(=C/c3ccccc3OCc3ccccc3C#N)c2=O)=N1. The zero-order valence-corrected chi connectivity index (χ0v) is 26.9. The quantitative estimate of drug-likeness (QED) is 0.198. The maximum absolute atomic E-state index is 14.2. The second-order valence-electron chi connectivity index (χ2n) is 9.90. The van der Waals surface area contributed by atoms with Gasteiger partial charge in [-0.3, -0.25) is 9.36 Å². The van der Waals surface area contributed by atoms with Crippen molar-refractivity contribution in [1.29, 1.82) is 5.26 Å². The minimum Gasteiger partial charge on any atom is -0.496 e. The van der Waals surface area contributed by atoms with Gasteiger partial charge in [-0.05, 0) is 49.8 Å². The minimum absolute atomic E-state index is 0.185. The topological polar surface area (TPSA) is 103 Å². The van der Waals surface area contributed by atoms with E-state index in [1.165, 1.54) is 11.3 Å². The Kier molecular flexibility index (Phi) is 9.78. The number of para-hydroxylation sites is 1. The van der Waals surface area contributed by atoms with Crippen LogP contribution in [-0.2, 0) is 16.1 Å². The Morgan fingerprint density at radius 3 is 2.64 bits per heavy atom. The number of hydrogen-bond acceptors (Lipinski definition) is 8. The number of halogens is 1. The van der Waals surface area contributed by atoms with E-state index >= 15 is 0 Å². The molecule has 4 aromatic rings. The summed E-state index contributed by atoms with van der Waals surface area (Å²) in [7, 11) is 1.56. The molecule has 1 aliphatic rings. The molecule has 0 radical (unpaired) electrons. The third-order valence-corrected chi connectivity index (χ3v) is 8.58. The van der Waals surface area contributed by atoms with E-state index in [9.17, 15) is 14.9 Å². The molecule has 0 bridgehead atoms. The number of nitriles is 1. The van der Waals surface area contributed by atoms with Crippen molar-refractivity contribution in [3.63, 3.8) is 0 Å². The molecule has 3 aromatic carbocycles. The molecular formula is C34H30BrN3O5S. The lowest BCUT2D eigenvalue weighted by Crippen LogP contribution is -2.40. The first-order valence-corrected chi connectivity index (χ1v) is 15.8. The van der Waals surface area contributed by atoms with Crippen LogP contribution in [0, 0.1) is 11.3 Å². The molecule has 1 aliphatic heterocycles. The van der Waals surface area contributed by atoms with Crippen LogP contribution in [0.1, 0.15) is 55.0 Å². The number of rotatable bonds is 10. The molecular weight excluding hydrogens is 642 g/mol. The molecule has 1 aromatic heterocycles. The molecule has 0 saturated carbocycles. The van der Waals surface area contributed by atoms with Gasteiger partial charge in [-0.1, -0.05) is 77.0 Å². The maximum atomic E-state index is 14.2. The van der Waals surface area contributed by atoms with Crippen LogP contribution in [0.2, 0.25) is 0 Å². The number of carbonyl (C=O) groups excluding carboxylic acids is 1. The van der Waals surface area contributed by atoms with Gasteiger partial charge in [-0.2, -0.15) is 5.26 Å². The lowest BCUT2D eigenvalue weighted by molar-refractivity contribution is -0.139. The molecule has 0 aliphatic carbocycles. The fourth-order valence-electron chi connectivity index (χ4n) is 5.12. The number of aromatic nitrogens is 1. The maximum Gasteiger partial charge on any atom is 0.338 e. The van der Waals surface area contributed by atoms with Gasteiger partial charge < -0.3 is 14.2 Å². The Balaban J connectivity index is 1.67. The van der Waals surface area contributed by atoms with Crippen LogP contribution in [0.5, 0.6) is 11.5 Å². The van der Waals surface area contributed by atoms with Crippen molar-refractivity contribution in [3.8, 4) is 17.6 Å². The number of nitrogens with zero attached hydrogens (tertiary/aromatic N) is 3. The predicted molar refractivity (Wildman–Crippen MR) is 172 cm³/mol. The summed E-state index contributed by atoms with van der Waals surface area (Å²) in [4.78, 5) is 33.0. The number of fused-ring (bicyclic) bond motifs is 1. The Morgan fingerprint density at radius 1 is 1.11 bits per heavy atom. The van der Waals surface area contributed by atoms with E-state index in [2.05, 4.69) is 22.0 Å².